The highest BCUT2D eigenvalue weighted by Gasteiger charge is 2.55. The zero-order valence-corrected chi connectivity index (χ0v) is 16.2. The van der Waals surface area contributed by atoms with Crippen molar-refractivity contribution in [3.05, 3.63) is 83.9 Å². The number of hydrogen-bond acceptors (Lipinski definition) is 4. The third kappa shape index (κ3) is 3.89. The van der Waals surface area contributed by atoms with E-state index in [0.717, 1.165) is 19.3 Å². The predicted molar refractivity (Wildman–Crippen MR) is 107 cm³/mol. The first-order chi connectivity index (χ1) is 13.6. The number of carbonyl (C=O) groups excluding carboxylic acids is 1. The van der Waals surface area contributed by atoms with E-state index in [2.05, 4.69) is 30.8 Å². The molecular weight excluding hydrogens is 352 g/mol. The standard InChI is InChI=1S/C24H26O4/c1-17(2)22(25)28-21-23-26-16-20(27-23)15-24(21,13-18-9-5-3-6-10-18)14-19-11-7-4-8-12-19/h3-12,20-21,23H,1,13-16H2,2H3. The van der Waals surface area contributed by atoms with Gasteiger partial charge in [0, 0.05) is 11.0 Å². The second-order valence-corrected chi connectivity index (χ2v) is 7.96. The van der Waals surface area contributed by atoms with Crippen LogP contribution in [0.25, 0.3) is 0 Å². The first-order valence-corrected chi connectivity index (χ1v) is 9.77. The first kappa shape index (κ1) is 18.9. The van der Waals surface area contributed by atoms with Gasteiger partial charge in [0.15, 0.2) is 12.4 Å². The van der Waals surface area contributed by atoms with E-state index in [1.807, 2.05) is 36.4 Å². The van der Waals surface area contributed by atoms with Crippen molar-refractivity contribution in [1.82, 2.24) is 0 Å². The Hall–Kier alpha value is -2.43. The van der Waals surface area contributed by atoms with Crippen molar-refractivity contribution >= 4 is 5.97 Å². The summed E-state index contributed by atoms with van der Waals surface area (Å²) in [6.45, 7) is 5.95. The monoisotopic (exact) mass is 378 g/mol. The van der Waals surface area contributed by atoms with E-state index >= 15 is 0 Å². The van der Waals surface area contributed by atoms with Crippen molar-refractivity contribution < 1.29 is 19.0 Å². The summed E-state index contributed by atoms with van der Waals surface area (Å²) in [6.07, 6.45) is 1.36. The van der Waals surface area contributed by atoms with E-state index in [-0.39, 0.29) is 11.5 Å². The van der Waals surface area contributed by atoms with E-state index in [1.165, 1.54) is 11.1 Å². The molecular formula is C24H26O4. The molecule has 4 rings (SSSR count). The molecule has 2 aromatic rings. The largest absolute Gasteiger partial charge is 0.453 e. The van der Waals surface area contributed by atoms with Crippen LogP contribution in [0.5, 0.6) is 0 Å². The molecule has 2 heterocycles. The van der Waals surface area contributed by atoms with Gasteiger partial charge in [0.2, 0.25) is 0 Å². The first-order valence-electron chi connectivity index (χ1n) is 9.77. The van der Waals surface area contributed by atoms with Gasteiger partial charge in [-0.25, -0.2) is 4.79 Å². The van der Waals surface area contributed by atoms with E-state index in [4.69, 9.17) is 14.2 Å². The van der Waals surface area contributed by atoms with Crippen LogP contribution < -0.4 is 0 Å². The second-order valence-electron chi connectivity index (χ2n) is 7.96. The minimum atomic E-state index is -0.533. The highest BCUT2D eigenvalue weighted by Crippen LogP contribution is 2.47. The Kier molecular flexibility index (Phi) is 5.33. The fraction of sp³-hybridized carbons (Fsp3) is 0.375. The topological polar surface area (TPSA) is 44.8 Å². The number of ether oxygens (including phenoxy) is 3. The molecule has 146 valence electrons. The van der Waals surface area contributed by atoms with Crippen LogP contribution in [0.15, 0.2) is 72.8 Å². The smallest absolute Gasteiger partial charge is 0.333 e. The van der Waals surface area contributed by atoms with Gasteiger partial charge in [-0.3, -0.25) is 0 Å². The SMILES string of the molecule is C=C(C)C(=O)OC1C2OCC(CC1(Cc1ccccc1)Cc1ccccc1)O2. The maximum absolute atomic E-state index is 12.4. The van der Waals surface area contributed by atoms with Crippen LogP contribution >= 0.6 is 0 Å². The predicted octanol–water partition coefficient (Wildman–Crippen LogP) is 4.09. The molecule has 2 aliphatic heterocycles. The van der Waals surface area contributed by atoms with E-state index in [1.54, 1.807) is 6.92 Å². The molecule has 2 fully saturated rings. The molecule has 0 aromatic heterocycles. The lowest BCUT2D eigenvalue weighted by Crippen LogP contribution is -2.53. The van der Waals surface area contributed by atoms with Crippen molar-refractivity contribution in [1.29, 1.82) is 0 Å². The zero-order chi connectivity index (χ0) is 19.6. The summed E-state index contributed by atoms with van der Waals surface area (Å²) in [4.78, 5) is 12.4. The molecule has 2 aromatic carbocycles. The average molecular weight is 378 g/mol. The Morgan fingerprint density at radius 1 is 1.07 bits per heavy atom. The second kappa shape index (κ2) is 7.90. The number of carbonyl (C=O) groups is 1. The van der Waals surface area contributed by atoms with Gasteiger partial charge in [0.1, 0.15) is 0 Å². The maximum Gasteiger partial charge on any atom is 0.333 e. The molecule has 0 aliphatic carbocycles. The molecule has 4 nitrogen and oxygen atoms in total. The summed E-state index contributed by atoms with van der Waals surface area (Å²) in [5.41, 5.74) is 2.51. The summed E-state index contributed by atoms with van der Waals surface area (Å²) in [7, 11) is 0. The Balaban J connectivity index is 1.73. The number of esters is 1. The molecule has 0 spiro atoms. The minimum absolute atomic E-state index is 0.0252. The molecule has 3 atom stereocenters. The molecule has 4 heteroatoms. The van der Waals surface area contributed by atoms with Crippen LogP contribution in [0.1, 0.15) is 24.5 Å². The number of hydrogen-bond donors (Lipinski definition) is 0. The van der Waals surface area contributed by atoms with Gasteiger partial charge in [-0.05, 0) is 37.3 Å². The Morgan fingerprint density at radius 3 is 2.18 bits per heavy atom. The summed E-state index contributed by atoms with van der Waals surface area (Å²) in [5.74, 6) is -0.395. The third-order valence-corrected chi connectivity index (χ3v) is 5.64. The summed E-state index contributed by atoms with van der Waals surface area (Å²) >= 11 is 0. The van der Waals surface area contributed by atoms with Crippen LogP contribution in [-0.4, -0.2) is 31.1 Å². The summed E-state index contributed by atoms with van der Waals surface area (Å²) < 4.78 is 17.8. The van der Waals surface area contributed by atoms with Gasteiger partial charge in [-0.15, -0.1) is 0 Å². The molecule has 3 unspecified atom stereocenters. The molecule has 0 amide bonds. The maximum atomic E-state index is 12.4. The lowest BCUT2D eigenvalue weighted by Gasteiger charge is -2.45. The minimum Gasteiger partial charge on any atom is -0.453 e. The lowest BCUT2D eigenvalue weighted by atomic mass is 9.67. The van der Waals surface area contributed by atoms with Gasteiger partial charge >= 0.3 is 5.97 Å². The summed E-state index contributed by atoms with van der Waals surface area (Å²) in [6, 6.07) is 20.7. The molecule has 0 radical (unpaired) electrons. The van der Waals surface area contributed by atoms with Crippen molar-refractivity contribution in [3.63, 3.8) is 0 Å². The van der Waals surface area contributed by atoms with Crippen molar-refractivity contribution in [2.45, 2.75) is 44.7 Å². The average Bonchev–Trinajstić information content (AvgIpc) is 3.09. The highest BCUT2D eigenvalue weighted by atomic mass is 16.7. The zero-order valence-electron chi connectivity index (χ0n) is 16.2. The highest BCUT2D eigenvalue weighted by molar-refractivity contribution is 5.87. The summed E-state index contributed by atoms with van der Waals surface area (Å²) in [5, 5.41) is 0. The van der Waals surface area contributed by atoms with Gasteiger partial charge in [-0.1, -0.05) is 67.2 Å². The van der Waals surface area contributed by atoms with Crippen LogP contribution in [0.3, 0.4) is 0 Å². The van der Waals surface area contributed by atoms with E-state index in [9.17, 15) is 4.79 Å². The Labute approximate surface area is 166 Å². The molecule has 2 bridgehead atoms. The molecule has 2 saturated heterocycles. The normalized spacial score (nSPS) is 25.2. The molecule has 0 saturated carbocycles. The number of rotatable bonds is 6. The van der Waals surface area contributed by atoms with Crippen LogP contribution in [0.2, 0.25) is 0 Å². The lowest BCUT2D eigenvalue weighted by molar-refractivity contribution is -0.222. The molecule has 2 aliphatic rings. The Bertz CT molecular complexity index is 789. The Morgan fingerprint density at radius 2 is 1.64 bits per heavy atom. The number of benzene rings is 2. The van der Waals surface area contributed by atoms with Gasteiger partial charge < -0.3 is 14.2 Å². The quantitative estimate of drug-likeness (QED) is 0.561. The van der Waals surface area contributed by atoms with Gasteiger partial charge in [0.25, 0.3) is 0 Å². The third-order valence-electron chi connectivity index (χ3n) is 5.64. The van der Waals surface area contributed by atoms with Crippen molar-refractivity contribution in [2.24, 2.45) is 5.41 Å². The fourth-order valence-corrected chi connectivity index (χ4v) is 4.40. The fourth-order valence-electron chi connectivity index (χ4n) is 4.40. The van der Waals surface area contributed by atoms with Gasteiger partial charge in [0.05, 0.1) is 12.7 Å². The van der Waals surface area contributed by atoms with Gasteiger partial charge in [-0.2, -0.15) is 0 Å². The van der Waals surface area contributed by atoms with Crippen molar-refractivity contribution in [2.75, 3.05) is 6.61 Å². The van der Waals surface area contributed by atoms with Crippen LogP contribution in [0.4, 0.5) is 0 Å². The van der Waals surface area contributed by atoms with Crippen LogP contribution in [0, 0.1) is 5.41 Å². The van der Waals surface area contributed by atoms with Crippen molar-refractivity contribution in [3.8, 4) is 0 Å². The molecule has 0 N–H and O–H groups in total. The van der Waals surface area contributed by atoms with Crippen LogP contribution in [-0.2, 0) is 31.8 Å². The van der Waals surface area contributed by atoms with E-state index < -0.39 is 18.4 Å². The number of fused-ring (bicyclic) bond motifs is 2. The van der Waals surface area contributed by atoms with E-state index in [0.29, 0.717) is 12.2 Å². The molecule has 28 heavy (non-hydrogen) atoms.